The molecule has 26 heavy (non-hydrogen) atoms. The Morgan fingerprint density at radius 2 is 1.96 bits per heavy atom. The predicted molar refractivity (Wildman–Crippen MR) is 110 cm³/mol. The van der Waals surface area contributed by atoms with E-state index in [2.05, 4.69) is 19.2 Å². The van der Waals surface area contributed by atoms with Crippen LogP contribution in [0.5, 0.6) is 5.75 Å². The van der Waals surface area contributed by atoms with Gasteiger partial charge in [0.05, 0.1) is 12.5 Å². The minimum atomic E-state index is -0.754. The molecule has 4 N–H and O–H groups in total. The van der Waals surface area contributed by atoms with Gasteiger partial charge in [0, 0.05) is 24.1 Å². The molecule has 0 fully saturated rings. The number of carbonyl (C=O) groups is 1. The molecule has 0 radical (unpaired) electrons. The van der Waals surface area contributed by atoms with Gasteiger partial charge in [-0.25, -0.2) is 0 Å². The monoisotopic (exact) mass is 382 g/mol. The van der Waals surface area contributed by atoms with Crippen molar-refractivity contribution >= 4 is 17.7 Å². The first-order valence-corrected chi connectivity index (χ1v) is 10.3. The maximum absolute atomic E-state index is 12.1. The molecule has 0 spiro atoms. The molecule has 0 saturated carbocycles. The summed E-state index contributed by atoms with van der Waals surface area (Å²) in [6, 6.07) is 7.97. The lowest BCUT2D eigenvalue weighted by Crippen LogP contribution is -2.41. The molecule has 1 rings (SSSR count). The molecule has 1 aromatic carbocycles. The molecular weight excluding hydrogens is 348 g/mol. The van der Waals surface area contributed by atoms with Crippen LogP contribution in [0.25, 0.3) is 0 Å². The zero-order valence-corrected chi connectivity index (χ0v) is 17.3. The van der Waals surface area contributed by atoms with E-state index in [9.17, 15) is 9.90 Å². The van der Waals surface area contributed by atoms with Gasteiger partial charge in [-0.2, -0.15) is 11.8 Å². The number of methoxy groups -OCH3 is 1. The second kappa shape index (κ2) is 11.5. The molecule has 0 aromatic heterocycles. The van der Waals surface area contributed by atoms with Crippen LogP contribution in [-0.2, 0) is 10.5 Å². The molecule has 5 nitrogen and oxygen atoms in total. The first-order valence-electron chi connectivity index (χ1n) is 9.24. The summed E-state index contributed by atoms with van der Waals surface area (Å²) in [6.07, 6.45) is 1.48. The highest BCUT2D eigenvalue weighted by Crippen LogP contribution is 2.41. The van der Waals surface area contributed by atoms with E-state index in [0.717, 1.165) is 31.0 Å². The number of ether oxygens (including phenoxy) is 1. The molecule has 0 saturated heterocycles. The van der Waals surface area contributed by atoms with E-state index in [1.807, 2.05) is 31.2 Å². The van der Waals surface area contributed by atoms with Crippen molar-refractivity contribution in [2.45, 2.75) is 44.6 Å². The number of hydrogen-bond acceptors (Lipinski definition) is 5. The average molecular weight is 383 g/mol. The molecule has 0 aliphatic heterocycles. The Labute approximate surface area is 162 Å². The molecule has 0 amide bonds. The quantitative estimate of drug-likeness (QED) is 0.454. The van der Waals surface area contributed by atoms with Gasteiger partial charge in [0.25, 0.3) is 0 Å². The number of hydrogen-bond donors (Lipinski definition) is 3. The second-order valence-corrected chi connectivity index (χ2v) is 8.32. The van der Waals surface area contributed by atoms with E-state index in [-0.39, 0.29) is 11.2 Å². The van der Waals surface area contributed by atoms with Crippen LogP contribution in [0, 0.1) is 11.3 Å². The number of carboxylic acids is 1. The number of rotatable bonds is 13. The SMILES string of the molecule is COc1ccc(CSC(C(C)C)C(C)(CCCNCCN)C(=O)O)cc1. The van der Waals surface area contributed by atoms with Crippen molar-refractivity contribution in [2.24, 2.45) is 17.1 Å². The third-order valence-corrected chi connectivity index (χ3v) is 6.61. The zero-order chi connectivity index (χ0) is 19.6. The van der Waals surface area contributed by atoms with Gasteiger partial charge in [-0.05, 0) is 49.9 Å². The smallest absolute Gasteiger partial charge is 0.310 e. The van der Waals surface area contributed by atoms with Crippen molar-refractivity contribution in [3.63, 3.8) is 0 Å². The number of nitrogens with one attached hydrogen (secondary N) is 1. The molecule has 0 aliphatic carbocycles. The Bertz CT molecular complexity index is 536. The third kappa shape index (κ3) is 6.82. The summed E-state index contributed by atoms with van der Waals surface area (Å²) in [4.78, 5) is 12.1. The fraction of sp³-hybridized carbons (Fsp3) is 0.650. The van der Waals surface area contributed by atoms with Crippen LogP contribution in [0.4, 0.5) is 0 Å². The third-order valence-electron chi connectivity index (χ3n) is 4.68. The van der Waals surface area contributed by atoms with Crippen LogP contribution in [0.1, 0.15) is 39.2 Å². The summed E-state index contributed by atoms with van der Waals surface area (Å²) in [5.41, 5.74) is 5.90. The maximum Gasteiger partial charge on any atom is 0.310 e. The van der Waals surface area contributed by atoms with Gasteiger partial charge in [-0.1, -0.05) is 26.0 Å². The zero-order valence-electron chi connectivity index (χ0n) is 16.5. The van der Waals surface area contributed by atoms with Gasteiger partial charge in [-0.3, -0.25) is 4.79 Å². The summed E-state index contributed by atoms with van der Waals surface area (Å²) in [7, 11) is 1.65. The van der Waals surface area contributed by atoms with Crippen molar-refractivity contribution in [2.75, 3.05) is 26.7 Å². The summed E-state index contributed by atoms with van der Waals surface area (Å²) in [5, 5.41) is 13.2. The summed E-state index contributed by atoms with van der Waals surface area (Å²) in [5.74, 6) is 1.19. The van der Waals surface area contributed by atoms with Gasteiger partial charge in [0.1, 0.15) is 5.75 Å². The Kier molecular flexibility index (Phi) is 10.1. The lowest BCUT2D eigenvalue weighted by atomic mass is 9.77. The normalized spacial score (nSPS) is 14.8. The van der Waals surface area contributed by atoms with Crippen LogP contribution in [0.3, 0.4) is 0 Å². The first kappa shape index (κ1) is 22.8. The van der Waals surface area contributed by atoms with Crippen molar-refractivity contribution in [1.82, 2.24) is 5.32 Å². The number of benzene rings is 1. The molecule has 0 aliphatic rings. The van der Waals surface area contributed by atoms with Crippen molar-refractivity contribution < 1.29 is 14.6 Å². The number of nitrogens with two attached hydrogens (primary N) is 1. The van der Waals surface area contributed by atoms with Crippen molar-refractivity contribution in [1.29, 1.82) is 0 Å². The van der Waals surface area contributed by atoms with E-state index in [1.165, 1.54) is 5.56 Å². The average Bonchev–Trinajstić information content (AvgIpc) is 2.61. The fourth-order valence-corrected chi connectivity index (χ4v) is 4.73. The van der Waals surface area contributed by atoms with Crippen LogP contribution in [-0.4, -0.2) is 43.1 Å². The molecule has 2 atom stereocenters. The molecule has 0 bridgehead atoms. The van der Waals surface area contributed by atoms with Crippen LogP contribution in [0.2, 0.25) is 0 Å². The Morgan fingerprint density at radius 3 is 2.46 bits per heavy atom. The number of carboxylic acid groups (broad SMARTS) is 1. The number of thioether (sulfide) groups is 1. The molecule has 1 aromatic rings. The molecular formula is C20H34N2O3S. The standard InChI is InChI=1S/C20H34N2O3S/c1-15(2)18(26-14-16-6-8-17(25-4)9-7-16)20(3,19(23)24)10-5-12-22-13-11-21/h6-9,15,18,22H,5,10-14,21H2,1-4H3,(H,23,24). The van der Waals surface area contributed by atoms with Gasteiger partial charge in [0.15, 0.2) is 0 Å². The van der Waals surface area contributed by atoms with Crippen LogP contribution < -0.4 is 15.8 Å². The lowest BCUT2D eigenvalue weighted by Gasteiger charge is -2.36. The molecule has 6 heteroatoms. The molecule has 2 unspecified atom stereocenters. The molecule has 0 heterocycles. The summed E-state index contributed by atoms with van der Waals surface area (Å²) >= 11 is 1.74. The fourth-order valence-electron chi connectivity index (χ4n) is 3.20. The van der Waals surface area contributed by atoms with Crippen molar-refractivity contribution in [3.8, 4) is 5.75 Å². The van der Waals surface area contributed by atoms with Gasteiger partial charge in [-0.15, -0.1) is 0 Å². The highest BCUT2D eigenvalue weighted by Gasteiger charge is 2.42. The summed E-state index contributed by atoms with van der Waals surface area (Å²) < 4.78 is 5.19. The van der Waals surface area contributed by atoms with Crippen molar-refractivity contribution in [3.05, 3.63) is 29.8 Å². The predicted octanol–water partition coefficient (Wildman–Crippen LogP) is 3.37. The van der Waals surface area contributed by atoms with E-state index in [4.69, 9.17) is 10.5 Å². The van der Waals surface area contributed by atoms with E-state index < -0.39 is 11.4 Å². The topological polar surface area (TPSA) is 84.6 Å². The minimum absolute atomic E-state index is 0.0385. The van der Waals surface area contributed by atoms with Gasteiger partial charge >= 0.3 is 5.97 Å². The van der Waals surface area contributed by atoms with E-state index >= 15 is 0 Å². The van der Waals surface area contributed by atoms with E-state index in [0.29, 0.717) is 13.0 Å². The lowest BCUT2D eigenvalue weighted by molar-refractivity contribution is -0.149. The van der Waals surface area contributed by atoms with Crippen LogP contribution in [0.15, 0.2) is 24.3 Å². The Hall–Kier alpha value is -1.24. The Balaban J connectivity index is 2.75. The van der Waals surface area contributed by atoms with E-state index in [1.54, 1.807) is 18.9 Å². The minimum Gasteiger partial charge on any atom is -0.497 e. The van der Waals surface area contributed by atoms with Crippen LogP contribution >= 0.6 is 11.8 Å². The highest BCUT2D eigenvalue weighted by atomic mass is 32.2. The molecule has 148 valence electrons. The second-order valence-electron chi connectivity index (χ2n) is 7.19. The summed E-state index contributed by atoms with van der Waals surface area (Å²) in [6.45, 7) is 8.28. The van der Waals surface area contributed by atoms with Gasteiger partial charge in [0.2, 0.25) is 0 Å². The largest absolute Gasteiger partial charge is 0.497 e. The van der Waals surface area contributed by atoms with Gasteiger partial charge < -0.3 is 20.9 Å². The Morgan fingerprint density at radius 1 is 1.31 bits per heavy atom. The highest BCUT2D eigenvalue weighted by molar-refractivity contribution is 7.99. The maximum atomic E-state index is 12.1. The number of aliphatic carboxylic acids is 1. The first-order chi connectivity index (χ1) is 12.3.